The number of amides is 1. The number of nitrogens with one attached hydrogen (secondary N) is 1. The van der Waals surface area contributed by atoms with Crippen molar-refractivity contribution in [2.75, 3.05) is 31.7 Å². The molecule has 0 aliphatic carbocycles. The number of nitrogens with zero attached hydrogens (tertiary/aromatic N) is 1. The second-order valence-electron chi connectivity index (χ2n) is 5.30. The quantitative estimate of drug-likeness (QED) is 0.731. The highest BCUT2D eigenvalue weighted by molar-refractivity contribution is 7.89. The van der Waals surface area contributed by atoms with Crippen LogP contribution in [-0.2, 0) is 14.8 Å². The summed E-state index contributed by atoms with van der Waals surface area (Å²) in [6, 6.07) is 15.3. The number of para-hydroxylation sites is 1. The molecule has 134 valence electrons. The van der Waals surface area contributed by atoms with Crippen LogP contribution in [0.1, 0.15) is 17.3 Å². The number of hydrogen-bond donors (Lipinski definition) is 1. The monoisotopic (exact) mass is 362 g/mol. The van der Waals surface area contributed by atoms with Gasteiger partial charge in [0.15, 0.2) is 0 Å². The summed E-state index contributed by atoms with van der Waals surface area (Å²) in [6.45, 7) is 2.79. The molecular formula is C18H22N2O4S. The zero-order valence-corrected chi connectivity index (χ0v) is 15.1. The molecule has 1 N–H and O–H groups in total. The minimum Gasteiger partial charge on any atom is -0.383 e. The minimum atomic E-state index is -3.69. The molecule has 0 saturated carbocycles. The molecule has 0 spiro atoms. The Labute approximate surface area is 148 Å². The van der Waals surface area contributed by atoms with Gasteiger partial charge in [-0.3, -0.25) is 4.79 Å². The lowest BCUT2D eigenvalue weighted by Crippen LogP contribution is -2.31. The average molecular weight is 362 g/mol. The fraction of sp³-hybridized carbons (Fsp3) is 0.278. The predicted molar refractivity (Wildman–Crippen MR) is 97.3 cm³/mol. The van der Waals surface area contributed by atoms with Gasteiger partial charge in [-0.1, -0.05) is 24.3 Å². The molecule has 1 amide bonds. The van der Waals surface area contributed by atoms with Gasteiger partial charge in [-0.15, -0.1) is 0 Å². The van der Waals surface area contributed by atoms with Crippen molar-refractivity contribution in [3.63, 3.8) is 0 Å². The maximum Gasteiger partial charge on any atom is 0.258 e. The van der Waals surface area contributed by atoms with E-state index in [-0.39, 0.29) is 24.0 Å². The van der Waals surface area contributed by atoms with E-state index in [4.69, 9.17) is 4.74 Å². The van der Waals surface area contributed by atoms with Crippen LogP contribution in [0.5, 0.6) is 0 Å². The topological polar surface area (TPSA) is 75.7 Å². The van der Waals surface area contributed by atoms with Crippen LogP contribution in [0, 0.1) is 0 Å². The maximum absolute atomic E-state index is 12.8. The Bertz CT molecular complexity index is 807. The SMILES string of the molecule is CCN(C(=O)c1cccc(S(=O)(=O)NCCOC)c1)c1ccccc1. The summed E-state index contributed by atoms with van der Waals surface area (Å²) in [5.41, 5.74) is 1.08. The van der Waals surface area contributed by atoms with Crippen molar-refractivity contribution in [3.8, 4) is 0 Å². The number of benzene rings is 2. The lowest BCUT2D eigenvalue weighted by atomic mass is 10.2. The first-order chi connectivity index (χ1) is 12.0. The summed E-state index contributed by atoms with van der Waals surface area (Å²) >= 11 is 0. The molecule has 0 fully saturated rings. The molecular weight excluding hydrogens is 340 g/mol. The highest BCUT2D eigenvalue weighted by atomic mass is 32.2. The average Bonchev–Trinajstić information content (AvgIpc) is 2.63. The Morgan fingerprint density at radius 1 is 1.12 bits per heavy atom. The van der Waals surface area contributed by atoms with Gasteiger partial charge in [0.1, 0.15) is 0 Å². The fourth-order valence-corrected chi connectivity index (χ4v) is 3.42. The molecule has 0 heterocycles. The Balaban J connectivity index is 2.27. The van der Waals surface area contributed by atoms with Gasteiger partial charge >= 0.3 is 0 Å². The van der Waals surface area contributed by atoms with Crippen molar-refractivity contribution >= 4 is 21.6 Å². The zero-order chi connectivity index (χ0) is 18.3. The fourth-order valence-electron chi connectivity index (χ4n) is 2.36. The minimum absolute atomic E-state index is 0.0542. The molecule has 0 unspecified atom stereocenters. The Kier molecular flexibility index (Phi) is 6.69. The second-order valence-corrected chi connectivity index (χ2v) is 7.07. The van der Waals surface area contributed by atoms with E-state index in [2.05, 4.69) is 4.72 Å². The predicted octanol–water partition coefficient (Wildman–Crippen LogP) is 2.28. The van der Waals surface area contributed by atoms with Crippen molar-refractivity contribution in [3.05, 3.63) is 60.2 Å². The molecule has 0 atom stereocenters. The molecule has 0 aromatic heterocycles. The number of sulfonamides is 1. The number of rotatable bonds is 8. The van der Waals surface area contributed by atoms with Gasteiger partial charge in [0.2, 0.25) is 10.0 Å². The summed E-state index contributed by atoms with van der Waals surface area (Å²) in [4.78, 5) is 14.5. The highest BCUT2D eigenvalue weighted by Crippen LogP contribution is 2.18. The van der Waals surface area contributed by atoms with Crippen molar-refractivity contribution < 1.29 is 17.9 Å². The summed E-state index contributed by atoms with van der Waals surface area (Å²) in [7, 11) is -2.19. The Morgan fingerprint density at radius 2 is 1.84 bits per heavy atom. The van der Waals surface area contributed by atoms with Crippen LogP contribution >= 0.6 is 0 Å². The van der Waals surface area contributed by atoms with Gasteiger partial charge in [-0.2, -0.15) is 0 Å². The van der Waals surface area contributed by atoms with Crippen LogP contribution in [0.4, 0.5) is 5.69 Å². The third-order valence-corrected chi connectivity index (χ3v) is 5.08. The Hall–Kier alpha value is -2.22. The van der Waals surface area contributed by atoms with Crippen LogP contribution in [0.2, 0.25) is 0 Å². The van der Waals surface area contributed by atoms with Crippen molar-refractivity contribution in [2.24, 2.45) is 0 Å². The highest BCUT2D eigenvalue weighted by Gasteiger charge is 2.19. The van der Waals surface area contributed by atoms with E-state index in [1.807, 2.05) is 37.3 Å². The summed E-state index contributed by atoms with van der Waals surface area (Å²) in [5, 5.41) is 0. The maximum atomic E-state index is 12.8. The first-order valence-electron chi connectivity index (χ1n) is 7.95. The largest absolute Gasteiger partial charge is 0.383 e. The van der Waals surface area contributed by atoms with Gasteiger partial charge < -0.3 is 9.64 Å². The zero-order valence-electron chi connectivity index (χ0n) is 14.3. The van der Waals surface area contributed by atoms with Crippen LogP contribution in [0.25, 0.3) is 0 Å². The summed E-state index contributed by atoms with van der Waals surface area (Å²) in [5.74, 6) is -0.248. The number of carbonyl (C=O) groups is 1. The number of ether oxygens (including phenoxy) is 1. The van der Waals surface area contributed by atoms with E-state index in [1.54, 1.807) is 17.0 Å². The summed E-state index contributed by atoms with van der Waals surface area (Å²) in [6.07, 6.45) is 0. The van der Waals surface area contributed by atoms with Gasteiger partial charge in [-0.05, 0) is 37.3 Å². The van der Waals surface area contributed by atoms with Crippen molar-refractivity contribution in [1.29, 1.82) is 0 Å². The lowest BCUT2D eigenvalue weighted by molar-refractivity contribution is 0.0988. The molecule has 2 rings (SSSR count). The molecule has 25 heavy (non-hydrogen) atoms. The van der Waals surface area contributed by atoms with E-state index in [0.29, 0.717) is 12.1 Å². The van der Waals surface area contributed by atoms with E-state index in [1.165, 1.54) is 19.2 Å². The second kappa shape index (κ2) is 8.75. The van der Waals surface area contributed by atoms with Crippen LogP contribution in [-0.4, -0.2) is 41.1 Å². The first kappa shape index (κ1) is 19.1. The number of hydrogen-bond acceptors (Lipinski definition) is 4. The van der Waals surface area contributed by atoms with Crippen LogP contribution in [0.3, 0.4) is 0 Å². The number of anilines is 1. The van der Waals surface area contributed by atoms with Crippen LogP contribution in [0.15, 0.2) is 59.5 Å². The van der Waals surface area contributed by atoms with E-state index in [9.17, 15) is 13.2 Å². The van der Waals surface area contributed by atoms with E-state index >= 15 is 0 Å². The molecule has 2 aromatic carbocycles. The Morgan fingerprint density at radius 3 is 2.48 bits per heavy atom. The van der Waals surface area contributed by atoms with Gasteiger partial charge in [0.25, 0.3) is 5.91 Å². The molecule has 7 heteroatoms. The third kappa shape index (κ3) is 4.88. The first-order valence-corrected chi connectivity index (χ1v) is 9.43. The van der Waals surface area contributed by atoms with Crippen LogP contribution < -0.4 is 9.62 Å². The number of methoxy groups -OCH3 is 1. The standard InChI is InChI=1S/C18H22N2O4S/c1-3-20(16-9-5-4-6-10-16)18(21)15-8-7-11-17(14-15)25(22,23)19-12-13-24-2/h4-11,14,19H,3,12-13H2,1-2H3. The van der Waals surface area contributed by atoms with Crippen molar-refractivity contribution in [1.82, 2.24) is 4.72 Å². The van der Waals surface area contributed by atoms with Gasteiger partial charge in [0.05, 0.1) is 11.5 Å². The van der Waals surface area contributed by atoms with E-state index in [0.717, 1.165) is 5.69 Å². The molecule has 0 aliphatic rings. The summed E-state index contributed by atoms with van der Waals surface area (Å²) < 4.78 is 31.9. The molecule has 0 saturated heterocycles. The molecule has 0 radical (unpaired) electrons. The lowest BCUT2D eigenvalue weighted by Gasteiger charge is -2.21. The smallest absolute Gasteiger partial charge is 0.258 e. The normalized spacial score (nSPS) is 11.3. The molecule has 0 bridgehead atoms. The third-order valence-electron chi connectivity index (χ3n) is 3.62. The van der Waals surface area contributed by atoms with E-state index < -0.39 is 10.0 Å². The molecule has 2 aromatic rings. The van der Waals surface area contributed by atoms with Gasteiger partial charge in [0, 0.05) is 31.5 Å². The number of carbonyl (C=O) groups excluding carboxylic acids is 1. The van der Waals surface area contributed by atoms with Crippen molar-refractivity contribution in [2.45, 2.75) is 11.8 Å². The molecule has 0 aliphatic heterocycles. The molecule has 6 nitrogen and oxygen atoms in total. The van der Waals surface area contributed by atoms with Gasteiger partial charge in [-0.25, -0.2) is 13.1 Å².